The fourth-order valence-electron chi connectivity index (χ4n) is 1.35. The molecular formula is C10H12O7. The maximum absolute atomic E-state index is 11.5. The summed E-state index contributed by atoms with van der Waals surface area (Å²) in [4.78, 5) is 11.5. The number of phenols is 3. The number of hydrogen-bond acceptors (Lipinski definition) is 7. The molecule has 94 valence electrons. The van der Waals surface area contributed by atoms with Gasteiger partial charge in [0.2, 0.25) is 17.2 Å². The van der Waals surface area contributed by atoms with Crippen LogP contribution in [0.15, 0.2) is 0 Å². The highest BCUT2D eigenvalue weighted by molar-refractivity contribution is 5.99. The summed E-state index contributed by atoms with van der Waals surface area (Å²) in [6, 6.07) is 0. The summed E-state index contributed by atoms with van der Waals surface area (Å²) in [5.41, 5.74) is -0.315. The molecule has 0 saturated heterocycles. The Morgan fingerprint density at radius 3 is 1.59 bits per heavy atom. The van der Waals surface area contributed by atoms with Crippen molar-refractivity contribution < 1.29 is 34.3 Å². The number of esters is 1. The molecule has 0 atom stereocenters. The van der Waals surface area contributed by atoms with Crippen molar-refractivity contribution in [2.45, 2.75) is 0 Å². The van der Waals surface area contributed by atoms with E-state index >= 15 is 0 Å². The molecule has 0 saturated carbocycles. The molecule has 0 spiro atoms. The second-order valence-corrected chi connectivity index (χ2v) is 2.98. The third-order valence-electron chi connectivity index (χ3n) is 2.13. The van der Waals surface area contributed by atoms with E-state index in [9.17, 15) is 20.1 Å². The smallest absolute Gasteiger partial charge is 0.345 e. The normalized spacial score (nSPS) is 9.82. The summed E-state index contributed by atoms with van der Waals surface area (Å²) >= 11 is 0. The van der Waals surface area contributed by atoms with Crippen LogP contribution in [0.4, 0.5) is 0 Å². The second kappa shape index (κ2) is 4.69. The van der Waals surface area contributed by atoms with E-state index in [0.717, 1.165) is 7.11 Å². The Balaban J connectivity index is 3.69. The Bertz CT molecular complexity index is 421. The van der Waals surface area contributed by atoms with Crippen molar-refractivity contribution in [3.05, 3.63) is 5.56 Å². The summed E-state index contributed by atoms with van der Waals surface area (Å²) in [5, 5.41) is 28.4. The van der Waals surface area contributed by atoms with Crippen molar-refractivity contribution >= 4 is 5.97 Å². The lowest BCUT2D eigenvalue weighted by molar-refractivity contribution is 0.0591. The molecule has 3 N–H and O–H groups in total. The van der Waals surface area contributed by atoms with Gasteiger partial charge in [-0.25, -0.2) is 4.79 Å². The van der Waals surface area contributed by atoms with E-state index < -0.39 is 23.2 Å². The monoisotopic (exact) mass is 244 g/mol. The summed E-state index contributed by atoms with van der Waals surface area (Å²) < 4.78 is 14.0. The molecule has 0 radical (unpaired) electrons. The molecule has 17 heavy (non-hydrogen) atoms. The summed E-state index contributed by atoms with van der Waals surface area (Å²) in [7, 11) is 3.47. The lowest BCUT2D eigenvalue weighted by Crippen LogP contribution is -2.07. The minimum absolute atomic E-state index is 0.315. The fourth-order valence-corrected chi connectivity index (χ4v) is 1.35. The number of hydrogen-bond donors (Lipinski definition) is 3. The summed E-state index contributed by atoms with van der Waals surface area (Å²) in [6.45, 7) is 0. The van der Waals surface area contributed by atoms with Crippen molar-refractivity contribution in [1.82, 2.24) is 0 Å². The highest BCUT2D eigenvalue weighted by Gasteiger charge is 2.30. The predicted molar refractivity (Wildman–Crippen MR) is 55.9 cm³/mol. The molecule has 0 aliphatic heterocycles. The van der Waals surface area contributed by atoms with Gasteiger partial charge >= 0.3 is 5.97 Å². The average Bonchev–Trinajstić information content (AvgIpc) is 2.34. The van der Waals surface area contributed by atoms with E-state index in [1.807, 2.05) is 0 Å². The molecule has 7 heteroatoms. The zero-order valence-electron chi connectivity index (χ0n) is 9.47. The molecule has 1 aromatic carbocycles. The van der Waals surface area contributed by atoms with Crippen LogP contribution >= 0.6 is 0 Å². The third-order valence-corrected chi connectivity index (χ3v) is 2.13. The highest BCUT2D eigenvalue weighted by Crippen LogP contribution is 2.51. The van der Waals surface area contributed by atoms with Crippen LogP contribution in [0, 0.1) is 0 Å². The SMILES string of the molecule is COC(=O)c1c(OC)c(O)c(O)c(O)c1OC. The second-order valence-electron chi connectivity index (χ2n) is 2.98. The van der Waals surface area contributed by atoms with Crippen LogP contribution in [0.25, 0.3) is 0 Å². The predicted octanol–water partition coefficient (Wildman–Crippen LogP) is 0.607. The van der Waals surface area contributed by atoms with Gasteiger partial charge in [0.25, 0.3) is 0 Å². The molecular weight excluding hydrogens is 232 g/mol. The lowest BCUT2D eigenvalue weighted by Gasteiger charge is -2.15. The van der Waals surface area contributed by atoms with E-state index in [1.165, 1.54) is 14.2 Å². The van der Waals surface area contributed by atoms with Crippen LogP contribution in [0.5, 0.6) is 28.7 Å². The van der Waals surface area contributed by atoms with Crippen LogP contribution in [-0.2, 0) is 4.74 Å². The van der Waals surface area contributed by atoms with Crippen molar-refractivity contribution in [2.24, 2.45) is 0 Å². The topological polar surface area (TPSA) is 105 Å². The molecule has 0 aliphatic rings. The Kier molecular flexibility index (Phi) is 3.52. The number of aromatic hydroxyl groups is 3. The van der Waals surface area contributed by atoms with Gasteiger partial charge in [0.15, 0.2) is 17.1 Å². The molecule has 0 bridgehead atoms. The van der Waals surface area contributed by atoms with Crippen LogP contribution in [-0.4, -0.2) is 42.6 Å². The first-order valence-corrected chi connectivity index (χ1v) is 4.46. The van der Waals surface area contributed by atoms with Gasteiger partial charge in [-0.05, 0) is 0 Å². The van der Waals surface area contributed by atoms with Crippen LogP contribution in [0.3, 0.4) is 0 Å². The van der Waals surface area contributed by atoms with E-state index in [0.29, 0.717) is 0 Å². The zero-order valence-corrected chi connectivity index (χ0v) is 9.47. The van der Waals surface area contributed by atoms with Gasteiger partial charge in [0.1, 0.15) is 0 Å². The maximum Gasteiger partial charge on any atom is 0.345 e. The zero-order chi connectivity index (χ0) is 13.2. The maximum atomic E-state index is 11.5. The first kappa shape index (κ1) is 12.8. The van der Waals surface area contributed by atoms with E-state index in [1.54, 1.807) is 0 Å². The molecule has 0 aliphatic carbocycles. The molecule has 1 aromatic rings. The summed E-state index contributed by atoms with van der Waals surface area (Å²) in [6.07, 6.45) is 0. The van der Waals surface area contributed by atoms with Gasteiger partial charge in [-0.1, -0.05) is 0 Å². The number of methoxy groups -OCH3 is 3. The molecule has 0 amide bonds. The van der Waals surface area contributed by atoms with E-state index in [4.69, 9.17) is 9.47 Å². The number of ether oxygens (including phenoxy) is 3. The van der Waals surface area contributed by atoms with E-state index in [2.05, 4.69) is 4.74 Å². The first-order chi connectivity index (χ1) is 7.99. The Labute approximate surface area is 96.8 Å². The van der Waals surface area contributed by atoms with Gasteiger partial charge in [-0.3, -0.25) is 0 Å². The number of carbonyl (C=O) groups is 1. The highest BCUT2D eigenvalue weighted by atomic mass is 16.5. The molecule has 0 fully saturated rings. The standard InChI is InChI=1S/C10H12O7/c1-15-8-4(10(14)17-3)9(16-2)7(13)5(11)6(8)12/h11-13H,1-3H3. The quantitative estimate of drug-likeness (QED) is 0.528. The number of benzene rings is 1. The molecule has 7 nitrogen and oxygen atoms in total. The molecule has 1 rings (SSSR count). The van der Waals surface area contributed by atoms with Gasteiger partial charge in [0.05, 0.1) is 21.3 Å². The summed E-state index contributed by atoms with van der Waals surface area (Å²) in [5.74, 6) is -3.96. The number of rotatable bonds is 3. The van der Waals surface area contributed by atoms with Crippen LogP contribution in [0.1, 0.15) is 10.4 Å². The van der Waals surface area contributed by atoms with Gasteiger partial charge < -0.3 is 29.5 Å². The lowest BCUT2D eigenvalue weighted by atomic mass is 10.1. The molecule has 0 unspecified atom stereocenters. The van der Waals surface area contributed by atoms with Gasteiger partial charge in [-0.2, -0.15) is 0 Å². The van der Waals surface area contributed by atoms with Gasteiger partial charge in [-0.15, -0.1) is 0 Å². The van der Waals surface area contributed by atoms with E-state index in [-0.39, 0.29) is 17.1 Å². The number of carbonyl (C=O) groups excluding carboxylic acids is 1. The third kappa shape index (κ3) is 1.86. The van der Waals surface area contributed by atoms with Crippen molar-refractivity contribution in [2.75, 3.05) is 21.3 Å². The Morgan fingerprint density at radius 2 is 1.29 bits per heavy atom. The Morgan fingerprint density at radius 1 is 0.882 bits per heavy atom. The Hall–Kier alpha value is -2.31. The van der Waals surface area contributed by atoms with Gasteiger partial charge in [0, 0.05) is 0 Å². The van der Waals surface area contributed by atoms with Crippen molar-refractivity contribution in [3.8, 4) is 28.7 Å². The van der Waals surface area contributed by atoms with Crippen molar-refractivity contribution in [1.29, 1.82) is 0 Å². The largest absolute Gasteiger partial charge is 0.502 e. The molecule has 0 aromatic heterocycles. The molecule has 0 heterocycles. The fraction of sp³-hybridized carbons (Fsp3) is 0.300. The van der Waals surface area contributed by atoms with Crippen LogP contribution < -0.4 is 9.47 Å². The first-order valence-electron chi connectivity index (χ1n) is 4.46. The van der Waals surface area contributed by atoms with Crippen LogP contribution in [0.2, 0.25) is 0 Å². The minimum atomic E-state index is -0.885. The van der Waals surface area contributed by atoms with Crippen molar-refractivity contribution in [3.63, 3.8) is 0 Å². The number of phenolic OH excluding ortho intramolecular Hbond substituents is 3. The minimum Gasteiger partial charge on any atom is -0.502 e. The average molecular weight is 244 g/mol.